The molecule has 1 saturated carbocycles. The van der Waals surface area contributed by atoms with E-state index >= 15 is 0 Å². The van der Waals surface area contributed by atoms with Crippen LogP contribution in [0.3, 0.4) is 0 Å². The van der Waals surface area contributed by atoms with Gasteiger partial charge in [-0.3, -0.25) is 4.79 Å². The summed E-state index contributed by atoms with van der Waals surface area (Å²) in [6.07, 6.45) is 0.849. The van der Waals surface area contributed by atoms with Crippen LogP contribution >= 0.6 is 15.9 Å². The maximum Gasteiger partial charge on any atom is 0.310 e. The summed E-state index contributed by atoms with van der Waals surface area (Å²) >= 11 is 3.03. The Hall–Kier alpha value is -0.990. The van der Waals surface area contributed by atoms with E-state index in [0.717, 1.165) is 12.1 Å². The van der Waals surface area contributed by atoms with E-state index in [-0.39, 0.29) is 6.54 Å². The first-order valence-electron chi connectivity index (χ1n) is 5.45. The Kier molecular flexibility index (Phi) is 3.67. The number of carboxylic acid groups (broad SMARTS) is 1. The molecule has 0 aliphatic heterocycles. The van der Waals surface area contributed by atoms with Gasteiger partial charge in [0.1, 0.15) is 10.7 Å². The summed E-state index contributed by atoms with van der Waals surface area (Å²) in [5.41, 5.74) is -1.03. The molecular formula is C11H11BrFNO4S. The predicted octanol–water partition coefficient (Wildman–Crippen LogP) is 1.73. The van der Waals surface area contributed by atoms with Crippen LogP contribution in [-0.2, 0) is 14.8 Å². The number of hydrogen-bond donors (Lipinski definition) is 2. The van der Waals surface area contributed by atoms with Gasteiger partial charge in [0.05, 0.1) is 5.41 Å². The Labute approximate surface area is 118 Å². The standard InChI is InChI=1S/C11H11BrFNO4S/c12-7-1-2-9(8(13)5-7)19(17,18)14-6-11(3-4-11)10(15)16/h1-2,5,14H,3-4,6H2,(H,15,16). The molecule has 8 heteroatoms. The second-order valence-corrected chi connectivity index (χ2v) is 7.14. The van der Waals surface area contributed by atoms with Gasteiger partial charge < -0.3 is 5.11 Å². The zero-order valence-electron chi connectivity index (χ0n) is 9.69. The molecule has 0 bridgehead atoms. The average molecular weight is 352 g/mol. The average Bonchev–Trinajstić information content (AvgIpc) is 3.07. The minimum atomic E-state index is -4.04. The van der Waals surface area contributed by atoms with Crippen LogP contribution in [0.2, 0.25) is 0 Å². The van der Waals surface area contributed by atoms with Crippen LogP contribution in [0.5, 0.6) is 0 Å². The second-order valence-electron chi connectivity index (χ2n) is 4.48. The Balaban J connectivity index is 2.17. The SMILES string of the molecule is O=C(O)C1(CNS(=O)(=O)c2ccc(Br)cc2F)CC1. The number of aliphatic carboxylic acids is 1. The molecule has 2 rings (SSSR count). The normalized spacial score (nSPS) is 17.2. The first-order chi connectivity index (χ1) is 8.77. The summed E-state index contributed by atoms with van der Waals surface area (Å²) in [5.74, 6) is -1.92. The zero-order valence-corrected chi connectivity index (χ0v) is 12.1. The van der Waals surface area contributed by atoms with Gasteiger partial charge in [-0.05, 0) is 31.0 Å². The van der Waals surface area contributed by atoms with Crippen molar-refractivity contribution >= 4 is 31.9 Å². The van der Waals surface area contributed by atoms with Crippen molar-refractivity contribution in [3.8, 4) is 0 Å². The largest absolute Gasteiger partial charge is 0.481 e. The number of sulfonamides is 1. The van der Waals surface area contributed by atoms with Gasteiger partial charge in [0.2, 0.25) is 10.0 Å². The van der Waals surface area contributed by atoms with Gasteiger partial charge in [0.25, 0.3) is 0 Å². The molecule has 0 amide bonds. The van der Waals surface area contributed by atoms with E-state index in [0.29, 0.717) is 17.3 Å². The van der Waals surface area contributed by atoms with Gasteiger partial charge in [0, 0.05) is 11.0 Å². The summed E-state index contributed by atoms with van der Waals surface area (Å²) in [4.78, 5) is 10.4. The molecule has 0 atom stereocenters. The number of halogens is 2. The number of benzene rings is 1. The molecule has 2 N–H and O–H groups in total. The monoisotopic (exact) mass is 351 g/mol. The molecule has 1 aromatic carbocycles. The van der Waals surface area contributed by atoms with Crippen LogP contribution in [0, 0.1) is 11.2 Å². The third-order valence-corrected chi connectivity index (χ3v) is 5.02. The Morgan fingerprint density at radius 3 is 2.58 bits per heavy atom. The zero-order chi connectivity index (χ0) is 14.3. The highest BCUT2D eigenvalue weighted by Crippen LogP contribution is 2.45. The van der Waals surface area contributed by atoms with Gasteiger partial charge in [0.15, 0.2) is 0 Å². The smallest absolute Gasteiger partial charge is 0.310 e. The summed E-state index contributed by atoms with van der Waals surface area (Å²) in [7, 11) is -4.04. The molecule has 1 fully saturated rings. The second kappa shape index (κ2) is 4.84. The van der Waals surface area contributed by atoms with E-state index in [2.05, 4.69) is 20.7 Å². The molecule has 0 spiro atoms. The minimum Gasteiger partial charge on any atom is -0.481 e. The highest BCUT2D eigenvalue weighted by molar-refractivity contribution is 9.10. The number of carboxylic acids is 1. The van der Waals surface area contributed by atoms with Crippen molar-refractivity contribution in [2.24, 2.45) is 5.41 Å². The first-order valence-corrected chi connectivity index (χ1v) is 7.73. The van der Waals surface area contributed by atoms with E-state index in [1.54, 1.807) is 0 Å². The third-order valence-electron chi connectivity index (χ3n) is 3.09. The molecule has 0 radical (unpaired) electrons. The Morgan fingerprint density at radius 2 is 2.11 bits per heavy atom. The van der Waals surface area contributed by atoms with Crippen LogP contribution in [0.25, 0.3) is 0 Å². The summed E-state index contributed by atoms with van der Waals surface area (Å²) < 4.78 is 40.0. The highest BCUT2D eigenvalue weighted by atomic mass is 79.9. The van der Waals surface area contributed by atoms with Crippen LogP contribution in [0.15, 0.2) is 27.6 Å². The first kappa shape index (κ1) is 14.4. The van der Waals surface area contributed by atoms with Crippen molar-refractivity contribution in [1.82, 2.24) is 4.72 Å². The molecule has 0 heterocycles. The van der Waals surface area contributed by atoms with Crippen LogP contribution in [0.1, 0.15) is 12.8 Å². The molecule has 1 aliphatic rings. The molecule has 5 nitrogen and oxygen atoms in total. The number of rotatable bonds is 5. The highest BCUT2D eigenvalue weighted by Gasteiger charge is 2.50. The van der Waals surface area contributed by atoms with Gasteiger partial charge in [-0.1, -0.05) is 15.9 Å². The fourth-order valence-electron chi connectivity index (χ4n) is 1.62. The van der Waals surface area contributed by atoms with Gasteiger partial charge in [-0.25, -0.2) is 17.5 Å². The fraction of sp³-hybridized carbons (Fsp3) is 0.364. The maximum atomic E-state index is 13.6. The number of hydrogen-bond acceptors (Lipinski definition) is 3. The summed E-state index contributed by atoms with van der Waals surface area (Å²) in [6, 6.07) is 3.57. The Morgan fingerprint density at radius 1 is 1.47 bits per heavy atom. The lowest BCUT2D eigenvalue weighted by Crippen LogP contribution is -2.34. The van der Waals surface area contributed by atoms with Crippen molar-refractivity contribution in [2.75, 3.05) is 6.54 Å². The van der Waals surface area contributed by atoms with Crippen LogP contribution < -0.4 is 4.72 Å². The van der Waals surface area contributed by atoms with Crippen LogP contribution in [-0.4, -0.2) is 26.0 Å². The topological polar surface area (TPSA) is 83.5 Å². The van der Waals surface area contributed by atoms with E-state index < -0.39 is 32.1 Å². The van der Waals surface area contributed by atoms with Crippen molar-refractivity contribution in [2.45, 2.75) is 17.7 Å². The number of carbonyl (C=O) groups is 1. The molecule has 104 valence electrons. The maximum absolute atomic E-state index is 13.6. The van der Waals surface area contributed by atoms with E-state index in [9.17, 15) is 17.6 Å². The van der Waals surface area contributed by atoms with Crippen molar-refractivity contribution in [3.05, 3.63) is 28.5 Å². The molecule has 0 aromatic heterocycles. The van der Waals surface area contributed by atoms with Gasteiger partial charge in [-0.2, -0.15) is 0 Å². The Bertz CT molecular complexity index is 628. The lowest BCUT2D eigenvalue weighted by molar-refractivity contribution is -0.143. The summed E-state index contributed by atoms with van der Waals surface area (Å²) in [6.45, 7) is -0.222. The van der Waals surface area contributed by atoms with E-state index in [4.69, 9.17) is 5.11 Å². The lowest BCUT2D eigenvalue weighted by atomic mass is 10.1. The minimum absolute atomic E-state index is 0.222. The molecule has 0 saturated heterocycles. The van der Waals surface area contributed by atoms with Gasteiger partial charge in [-0.15, -0.1) is 0 Å². The van der Waals surface area contributed by atoms with Crippen molar-refractivity contribution in [3.63, 3.8) is 0 Å². The quantitative estimate of drug-likeness (QED) is 0.846. The van der Waals surface area contributed by atoms with Crippen molar-refractivity contribution in [1.29, 1.82) is 0 Å². The molecule has 19 heavy (non-hydrogen) atoms. The summed E-state index contributed by atoms with van der Waals surface area (Å²) in [5, 5.41) is 8.95. The number of nitrogens with one attached hydrogen (secondary N) is 1. The fourth-order valence-corrected chi connectivity index (χ4v) is 3.14. The third kappa shape index (κ3) is 2.96. The van der Waals surface area contributed by atoms with E-state index in [1.807, 2.05) is 0 Å². The van der Waals surface area contributed by atoms with Crippen LogP contribution in [0.4, 0.5) is 4.39 Å². The van der Waals surface area contributed by atoms with Crippen molar-refractivity contribution < 1.29 is 22.7 Å². The molecule has 1 aliphatic carbocycles. The van der Waals surface area contributed by atoms with E-state index in [1.165, 1.54) is 6.07 Å². The molecule has 1 aromatic rings. The lowest BCUT2D eigenvalue weighted by Gasteiger charge is -2.12. The van der Waals surface area contributed by atoms with Gasteiger partial charge >= 0.3 is 5.97 Å². The molecular weight excluding hydrogens is 341 g/mol. The molecule has 0 unspecified atom stereocenters. The predicted molar refractivity (Wildman–Crippen MR) is 68.6 cm³/mol.